The van der Waals surface area contributed by atoms with Gasteiger partial charge in [0.25, 0.3) is 5.91 Å². The summed E-state index contributed by atoms with van der Waals surface area (Å²) in [4.78, 5) is 23.3. The van der Waals surface area contributed by atoms with Crippen LogP contribution in [0.3, 0.4) is 0 Å². The number of hydrogen-bond acceptors (Lipinski definition) is 6. The first kappa shape index (κ1) is 20.3. The van der Waals surface area contributed by atoms with Gasteiger partial charge in [0.15, 0.2) is 0 Å². The van der Waals surface area contributed by atoms with Crippen LogP contribution in [-0.2, 0) is 4.74 Å². The topological polar surface area (TPSA) is 79.4 Å². The molecule has 2 fully saturated rings. The molecule has 0 bridgehead atoms. The van der Waals surface area contributed by atoms with E-state index >= 15 is 0 Å². The number of carbonyl (C=O) groups excluding carboxylic acids is 1. The Morgan fingerprint density at radius 3 is 2.70 bits per heavy atom. The van der Waals surface area contributed by atoms with Gasteiger partial charge in [0.1, 0.15) is 0 Å². The average molecular weight is 406 g/mol. The van der Waals surface area contributed by atoms with E-state index < -0.39 is 0 Å². The van der Waals surface area contributed by atoms with E-state index in [1.807, 2.05) is 25.1 Å². The molecule has 1 aliphatic heterocycles. The maximum absolute atomic E-state index is 12.3. The van der Waals surface area contributed by atoms with Crippen molar-refractivity contribution < 1.29 is 9.53 Å². The predicted molar refractivity (Wildman–Crippen MR) is 115 cm³/mol. The summed E-state index contributed by atoms with van der Waals surface area (Å²) in [6, 6.07) is 5.97. The standard InChI is InChI=1S/C23H27N5O2/c1-17-2-4-20(22(29)27-21-6-7-21)14-19(17)5-3-18-15-25-23(26-16-18)24-8-9-28-10-12-30-13-11-28/h2,4,14-16,21H,6-13H2,1H3,(H,27,29)(H,24,25,26). The van der Waals surface area contributed by atoms with E-state index in [1.54, 1.807) is 12.4 Å². The molecule has 0 atom stereocenters. The van der Waals surface area contributed by atoms with E-state index in [0.717, 1.165) is 68.9 Å². The van der Waals surface area contributed by atoms with Crippen molar-refractivity contribution in [3.05, 3.63) is 52.8 Å². The monoisotopic (exact) mass is 405 g/mol. The van der Waals surface area contributed by atoms with E-state index in [2.05, 4.69) is 37.3 Å². The summed E-state index contributed by atoms with van der Waals surface area (Å²) in [6.07, 6.45) is 5.58. The maximum Gasteiger partial charge on any atom is 0.251 e. The molecular weight excluding hydrogens is 378 g/mol. The van der Waals surface area contributed by atoms with Gasteiger partial charge in [-0.05, 0) is 37.5 Å². The van der Waals surface area contributed by atoms with Crippen molar-refractivity contribution in [3.8, 4) is 11.8 Å². The van der Waals surface area contributed by atoms with Crippen LogP contribution in [0, 0.1) is 18.8 Å². The lowest BCUT2D eigenvalue weighted by atomic mass is 10.0. The van der Waals surface area contributed by atoms with Gasteiger partial charge in [-0.15, -0.1) is 0 Å². The summed E-state index contributed by atoms with van der Waals surface area (Å²) in [5, 5.41) is 6.26. The number of ether oxygens (including phenoxy) is 1. The summed E-state index contributed by atoms with van der Waals surface area (Å²) in [6.45, 7) is 7.28. The Morgan fingerprint density at radius 1 is 1.20 bits per heavy atom. The van der Waals surface area contributed by atoms with Crippen LogP contribution < -0.4 is 10.6 Å². The first-order valence-corrected chi connectivity index (χ1v) is 10.5. The second-order valence-electron chi connectivity index (χ2n) is 7.70. The molecule has 2 aromatic rings. The molecule has 1 saturated carbocycles. The molecule has 2 heterocycles. The fourth-order valence-corrected chi connectivity index (χ4v) is 3.17. The van der Waals surface area contributed by atoms with E-state index in [9.17, 15) is 4.79 Å². The SMILES string of the molecule is Cc1ccc(C(=O)NC2CC2)cc1C#Cc1cnc(NCCN2CCOCC2)nc1. The summed E-state index contributed by atoms with van der Waals surface area (Å²) in [5.41, 5.74) is 3.26. The molecule has 1 saturated heterocycles. The lowest BCUT2D eigenvalue weighted by Gasteiger charge is -2.26. The van der Waals surface area contributed by atoms with Crippen LogP contribution in [0.1, 0.15) is 39.9 Å². The Morgan fingerprint density at radius 2 is 1.97 bits per heavy atom. The quantitative estimate of drug-likeness (QED) is 0.714. The highest BCUT2D eigenvalue weighted by molar-refractivity contribution is 5.95. The van der Waals surface area contributed by atoms with Crippen LogP contribution in [0.2, 0.25) is 0 Å². The number of nitrogens with one attached hydrogen (secondary N) is 2. The van der Waals surface area contributed by atoms with Crippen LogP contribution in [0.25, 0.3) is 0 Å². The molecule has 0 unspecified atom stereocenters. The summed E-state index contributed by atoms with van der Waals surface area (Å²) in [7, 11) is 0. The number of carbonyl (C=O) groups is 1. The highest BCUT2D eigenvalue weighted by atomic mass is 16.5. The molecule has 7 heteroatoms. The van der Waals surface area contributed by atoms with Gasteiger partial charge in [-0.3, -0.25) is 9.69 Å². The molecule has 4 rings (SSSR count). The smallest absolute Gasteiger partial charge is 0.251 e. The summed E-state index contributed by atoms with van der Waals surface area (Å²) < 4.78 is 5.36. The number of rotatable bonds is 6. The van der Waals surface area contributed by atoms with Crippen molar-refractivity contribution in [2.75, 3.05) is 44.7 Å². The minimum Gasteiger partial charge on any atom is -0.379 e. The normalized spacial score (nSPS) is 16.4. The third-order valence-electron chi connectivity index (χ3n) is 5.22. The van der Waals surface area contributed by atoms with Crippen molar-refractivity contribution in [2.24, 2.45) is 0 Å². The fraction of sp³-hybridized carbons (Fsp3) is 0.435. The molecule has 0 radical (unpaired) electrons. The second kappa shape index (κ2) is 9.70. The summed E-state index contributed by atoms with van der Waals surface area (Å²) in [5.74, 6) is 6.82. The first-order chi connectivity index (χ1) is 14.7. The van der Waals surface area contributed by atoms with Crippen LogP contribution in [0.4, 0.5) is 5.95 Å². The Kier molecular flexibility index (Phi) is 6.57. The third-order valence-corrected chi connectivity index (χ3v) is 5.22. The minimum atomic E-state index is -0.0311. The second-order valence-corrected chi connectivity index (χ2v) is 7.70. The summed E-state index contributed by atoms with van der Waals surface area (Å²) >= 11 is 0. The lowest BCUT2D eigenvalue weighted by molar-refractivity contribution is 0.0398. The zero-order valence-corrected chi connectivity index (χ0v) is 17.3. The zero-order valence-electron chi connectivity index (χ0n) is 17.3. The number of benzene rings is 1. The zero-order chi connectivity index (χ0) is 20.8. The van der Waals surface area contributed by atoms with E-state index in [4.69, 9.17) is 4.74 Å². The molecule has 1 aromatic heterocycles. The number of aryl methyl sites for hydroxylation is 1. The molecule has 1 aliphatic carbocycles. The van der Waals surface area contributed by atoms with Gasteiger partial charge in [0, 0.05) is 55.7 Å². The van der Waals surface area contributed by atoms with Crippen molar-refractivity contribution in [1.82, 2.24) is 20.2 Å². The van der Waals surface area contributed by atoms with Gasteiger partial charge in [0.05, 0.1) is 18.8 Å². The highest BCUT2D eigenvalue weighted by Crippen LogP contribution is 2.20. The number of aromatic nitrogens is 2. The predicted octanol–water partition coefficient (Wildman–Crippen LogP) is 1.82. The number of nitrogens with zero attached hydrogens (tertiary/aromatic N) is 3. The molecule has 2 N–H and O–H groups in total. The molecule has 156 valence electrons. The fourth-order valence-electron chi connectivity index (χ4n) is 3.17. The molecule has 1 amide bonds. The maximum atomic E-state index is 12.3. The van der Waals surface area contributed by atoms with Crippen molar-refractivity contribution in [1.29, 1.82) is 0 Å². The van der Waals surface area contributed by atoms with E-state index in [-0.39, 0.29) is 5.91 Å². The van der Waals surface area contributed by atoms with Gasteiger partial charge in [-0.2, -0.15) is 0 Å². The van der Waals surface area contributed by atoms with E-state index in [1.165, 1.54) is 0 Å². The molecule has 0 spiro atoms. The minimum absolute atomic E-state index is 0.0311. The van der Waals surface area contributed by atoms with Gasteiger partial charge >= 0.3 is 0 Å². The Labute approximate surface area is 177 Å². The van der Waals surface area contributed by atoms with Crippen molar-refractivity contribution >= 4 is 11.9 Å². The van der Waals surface area contributed by atoms with Gasteiger partial charge in [0.2, 0.25) is 5.95 Å². The van der Waals surface area contributed by atoms with Crippen LogP contribution in [0.15, 0.2) is 30.6 Å². The Bertz CT molecular complexity index is 938. The largest absolute Gasteiger partial charge is 0.379 e. The number of hydrogen-bond donors (Lipinski definition) is 2. The van der Waals surface area contributed by atoms with Crippen LogP contribution >= 0.6 is 0 Å². The molecular formula is C23H27N5O2. The van der Waals surface area contributed by atoms with Crippen molar-refractivity contribution in [2.45, 2.75) is 25.8 Å². The molecule has 1 aromatic carbocycles. The molecule has 30 heavy (non-hydrogen) atoms. The van der Waals surface area contributed by atoms with Gasteiger partial charge < -0.3 is 15.4 Å². The third kappa shape index (κ3) is 5.78. The number of morpholine rings is 1. The average Bonchev–Trinajstić information content (AvgIpc) is 3.59. The number of anilines is 1. The molecule has 7 nitrogen and oxygen atoms in total. The van der Waals surface area contributed by atoms with Crippen LogP contribution in [0.5, 0.6) is 0 Å². The van der Waals surface area contributed by atoms with Crippen LogP contribution in [-0.4, -0.2) is 66.2 Å². The Balaban J connectivity index is 1.33. The van der Waals surface area contributed by atoms with Gasteiger partial charge in [-0.1, -0.05) is 17.9 Å². The highest BCUT2D eigenvalue weighted by Gasteiger charge is 2.23. The first-order valence-electron chi connectivity index (χ1n) is 10.5. The Hall–Kier alpha value is -2.95. The molecule has 2 aliphatic rings. The number of amides is 1. The van der Waals surface area contributed by atoms with E-state index in [0.29, 0.717) is 17.6 Å². The van der Waals surface area contributed by atoms with Crippen molar-refractivity contribution in [3.63, 3.8) is 0 Å². The lowest BCUT2D eigenvalue weighted by Crippen LogP contribution is -2.39. The van der Waals surface area contributed by atoms with Gasteiger partial charge in [-0.25, -0.2) is 9.97 Å².